The molecule has 0 aliphatic heterocycles. The second kappa shape index (κ2) is 9.04. The molecule has 0 atom stereocenters. The number of hydrogen-bond acceptors (Lipinski definition) is 8. The maximum absolute atomic E-state index is 13.1. The van der Waals surface area contributed by atoms with Gasteiger partial charge in [0.1, 0.15) is 12.4 Å². The fraction of sp³-hybridized carbons (Fsp3) is 0.250. The summed E-state index contributed by atoms with van der Waals surface area (Å²) >= 11 is 1.48. The van der Waals surface area contributed by atoms with E-state index in [0.29, 0.717) is 30.3 Å². The van der Waals surface area contributed by atoms with Crippen LogP contribution in [-0.2, 0) is 17.9 Å². The number of rotatable bonds is 8. The number of benzene rings is 1. The van der Waals surface area contributed by atoms with E-state index in [0.717, 1.165) is 9.56 Å². The number of carbonyl (C=O) groups is 1. The van der Waals surface area contributed by atoms with Gasteiger partial charge in [-0.2, -0.15) is 4.68 Å². The third kappa shape index (κ3) is 4.77. The summed E-state index contributed by atoms with van der Waals surface area (Å²) in [6.45, 7) is 2.17. The molecule has 0 fully saturated rings. The van der Waals surface area contributed by atoms with Gasteiger partial charge in [0.2, 0.25) is 17.7 Å². The molecule has 0 saturated heterocycles. The SMILES string of the molecule is CCCN(Cc1nnc(-c2cccs2)o1)C(=O)Cn1nc(-c2ccc(F)cc2)oc1=O. The van der Waals surface area contributed by atoms with E-state index in [1.807, 2.05) is 24.4 Å². The molecule has 11 heteroatoms. The largest absolute Gasteiger partial charge is 0.437 e. The van der Waals surface area contributed by atoms with Gasteiger partial charge in [-0.1, -0.05) is 13.0 Å². The summed E-state index contributed by atoms with van der Waals surface area (Å²) in [5, 5.41) is 14.0. The monoisotopic (exact) mass is 443 g/mol. The van der Waals surface area contributed by atoms with Crippen LogP contribution < -0.4 is 5.76 Å². The first-order chi connectivity index (χ1) is 15.0. The third-order valence-corrected chi connectivity index (χ3v) is 5.21. The summed E-state index contributed by atoms with van der Waals surface area (Å²) in [6, 6.07) is 9.10. The lowest BCUT2D eigenvalue weighted by Gasteiger charge is -2.19. The van der Waals surface area contributed by atoms with Gasteiger partial charge in [-0.05, 0) is 42.1 Å². The maximum atomic E-state index is 13.1. The molecule has 0 saturated carbocycles. The number of halogens is 1. The average molecular weight is 443 g/mol. The van der Waals surface area contributed by atoms with Crippen molar-refractivity contribution in [3.05, 3.63) is 64.0 Å². The minimum Gasteiger partial charge on any atom is -0.418 e. The number of hydrogen-bond donors (Lipinski definition) is 0. The molecule has 0 bridgehead atoms. The summed E-state index contributed by atoms with van der Waals surface area (Å²) < 4.78 is 24.8. The van der Waals surface area contributed by atoms with Gasteiger partial charge < -0.3 is 13.7 Å². The topological polar surface area (TPSA) is 107 Å². The Hall–Kier alpha value is -3.60. The molecule has 0 radical (unpaired) electrons. The number of aromatic nitrogens is 4. The fourth-order valence-corrected chi connectivity index (χ4v) is 3.53. The highest BCUT2D eigenvalue weighted by molar-refractivity contribution is 7.13. The Kier molecular flexibility index (Phi) is 6.03. The molecule has 1 aromatic carbocycles. The van der Waals surface area contributed by atoms with Crippen molar-refractivity contribution in [3.8, 4) is 22.2 Å². The molecule has 4 aromatic rings. The van der Waals surface area contributed by atoms with Gasteiger partial charge in [0.05, 0.1) is 11.4 Å². The zero-order valence-electron chi connectivity index (χ0n) is 16.5. The lowest BCUT2D eigenvalue weighted by molar-refractivity contribution is -0.133. The van der Waals surface area contributed by atoms with Crippen molar-refractivity contribution in [1.29, 1.82) is 0 Å². The van der Waals surface area contributed by atoms with Crippen molar-refractivity contribution < 1.29 is 18.0 Å². The Labute approximate surface area is 179 Å². The predicted octanol–water partition coefficient (Wildman–Crippen LogP) is 3.19. The van der Waals surface area contributed by atoms with Gasteiger partial charge in [0, 0.05) is 12.1 Å². The molecule has 0 aliphatic rings. The lowest BCUT2D eigenvalue weighted by Crippen LogP contribution is -2.36. The molecular weight excluding hydrogens is 425 g/mol. The van der Waals surface area contributed by atoms with Gasteiger partial charge >= 0.3 is 5.76 Å². The molecule has 160 valence electrons. The predicted molar refractivity (Wildman–Crippen MR) is 109 cm³/mol. The highest BCUT2D eigenvalue weighted by Gasteiger charge is 2.20. The summed E-state index contributed by atoms with van der Waals surface area (Å²) in [7, 11) is 0. The molecular formula is C20H18FN5O4S. The van der Waals surface area contributed by atoms with E-state index in [1.54, 1.807) is 0 Å². The van der Waals surface area contributed by atoms with Crippen molar-refractivity contribution >= 4 is 17.2 Å². The van der Waals surface area contributed by atoms with E-state index in [4.69, 9.17) is 8.83 Å². The van der Waals surface area contributed by atoms with Gasteiger partial charge in [0.15, 0.2) is 0 Å². The van der Waals surface area contributed by atoms with Crippen LogP contribution in [-0.4, -0.2) is 37.3 Å². The minimum absolute atomic E-state index is 0.0114. The Morgan fingerprint density at radius 3 is 2.68 bits per heavy atom. The van der Waals surface area contributed by atoms with E-state index in [9.17, 15) is 14.0 Å². The van der Waals surface area contributed by atoms with E-state index in [1.165, 1.54) is 40.5 Å². The third-order valence-electron chi connectivity index (χ3n) is 4.35. The van der Waals surface area contributed by atoms with Crippen molar-refractivity contribution in [2.24, 2.45) is 0 Å². The summed E-state index contributed by atoms with van der Waals surface area (Å²) in [5.41, 5.74) is 0.432. The van der Waals surface area contributed by atoms with E-state index >= 15 is 0 Å². The van der Waals surface area contributed by atoms with E-state index in [2.05, 4.69) is 15.3 Å². The summed E-state index contributed by atoms with van der Waals surface area (Å²) in [5.74, 6) is -0.840. The highest BCUT2D eigenvalue weighted by Crippen LogP contribution is 2.23. The van der Waals surface area contributed by atoms with Crippen LogP contribution in [0.25, 0.3) is 22.2 Å². The maximum Gasteiger partial charge on any atom is 0.437 e. The standard InChI is InChI=1S/C20H18FN5O4S/c1-2-9-25(11-16-22-23-19(29-16)15-4-3-10-31-15)17(27)12-26-20(28)30-18(24-26)13-5-7-14(21)8-6-13/h3-8,10H,2,9,11-12H2,1H3. The second-order valence-corrected chi connectivity index (χ2v) is 7.58. The number of amides is 1. The molecule has 0 spiro atoms. The average Bonchev–Trinajstić information content (AvgIpc) is 3.50. The molecule has 4 rings (SSSR count). The summed E-state index contributed by atoms with van der Waals surface area (Å²) in [6.07, 6.45) is 0.701. The van der Waals surface area contributed by atoms with Gasteiger partial charge in [-0.3, -0.25) is 4.79 Å². The number of thiophene rings is 1. The highest BCUT2D eigenvalue weighted by atomic mass is 32.1. The van der Waals surface area contributed by atoms with Crippen LogP contribution in [0.15, 0.2) is 55.4 Å². The molecule has 31 heavy (non-hydrogen) atoms. The number of carbonyl (C=O) groups excluding carboxylic acids is 1. The first-order valence-electron chi connectivity index (χ1n) is 9.51. The van der Waals surface area contributed by atoms with E-state index < -0.39 is 11.6 Å². The van der Waals surface area contributed by atoms with Gasteiger partial charge in [-0.25, -0.2) is 9.18 Å². The van der Waals surface area contributed by atoms with Crippen molar-refractivity contribution in [1.82, 2.24) is 24.9 Å². The zero-order chi connectivity index (χ0) is 21.8. The van der Waals surface area contributed by atoms with Crippen LogP contribution in [0.4, 0.5) is 4.39 Å². The summed E-state index contributed by atoms with van der Waals surface area (Å²) in [4.78, 5) is 27.3. The molecule has 3 heterocycles. The lowest BCUT2D eigenvalue weighted by atomic mass is 10.2. The van der Waals surface area contributed by atoms with Crippen LogP contribution in [0.2, 0.25) is 0 Å². The first-order valence-corrected chi connectivity index (χ1v) is 10.4. The molecule has 1 amide bonds. The Bertz CT molecular complexity index is 1210. The van der Waals surface area contributed by atoms with Gasteiger partial charge in [-0.15, -0.1) is 26.6 Å². The Morgan fingerprint density at radius 1 is 1.16 bits per heavy atom. The molecule has 0 unspecified atom stereocenters. The Balaban J connectivity index is 1.48. The molecule has 0 N–H and O–H groups in total. The number of nitrogens with zero attached hydrogens (tertiary/aromatic N) is 5. The quantitative estimate of drug-likeness (QED) is 0.412. The zero-order valence-corrected chi connectivity index (χ0v) is 17.3. The van der Waals surface area contributed by atoms with Crippen LogP contribution >= 0.6 is 11.3 Å². The smallest absolute Gasteiger partial charge is 0.418 e. The first kappa shape index (κ1) is 20.7. The Morgan fingerprint density at radius 2 is 1.97 bits per heavy atom. The molecule has 0 aliphatic carbocycles. The van der Waals surface area contributed by atoms with Crippen LogP contribution in [0.3, 0.4) is 0 Å². The van der Waals surface area contributed by atoms with E-state index in [-0.39, 0.29) is 24.9 Å². The van der Waals surface area contributed by atoms with Crippen LogP contribution in [0, 0.1) is 5.82 Å². The van der Waals surface area contributed by atoms with Crippen LogP contribution in [0.1, 0.15) is 19.2 Å². The van der Waals surface area contributed by atoms with Crippen molar-refractivity contribution in [3.63, 3.8) is 0 Å². The van der Waals surface area contributed by atoms with Crippen molar-refractivity contribution in [2.45, 2.75) is 26.4 Å². The molecule has 9 nitrogen and oxygen atoms in total. The normalized spacial score (nSPS) is 11.0. The fourth-order valence-electron chi connectivity index (χ4n) is 2.89. The molecule has 3 aromatic heterocycles. The van der Waals surface area contributed by atoms with Gasteiger partial charge in [0.25, 0.3) is 5.89 Å². The minimum atomic E-state index is -0.776. The van der Waals surface area contributed by atoms with Crippen LogP contribution in [0.5, 0.6) is 0 Å². The van der Waals surface area contributed by atoms with Crippen molar-refractivity contribution in [2.75, 3.05) is 6.54 Å². The second-order valence-electron chi connectivity index (χ2n) is 6.63.